The van der Waals surface area contributed by atoms with Gasteiger partial charge in [0, 0.05) is 10.6 Å². The number of nitrogens with zero attached hydrogens (tertiary/aromatic N) is 3. The molecule has 0 aliphatic rings. The summed E-state index contributed by atoms with van der Waals surface area (Å²) in [5.74, 6) is -0.00688. The smallest absolute Gasteiger partial charge is 0.276 e. The number of aromatic nitrogens is 2. The van der Waals surface area contributed by atoms with E-state index < -0.39 is 15.7 Å². The summed E-state index contributed by atoms with van der Waals surface area (Å²) in [5, 5.41) is 4.42. The molecule has 8 nitrogen and oxygen atoms in total. The highest BCUT2D eigenvalue weighted by Crippen LogP contribution is 2.26. The Hall–Kier alpha value is -3.50. The van der Waals surface area contributed by atoms with Crippen LogP contribution in [0.3, 0.4) is 0 Å². The molecule has 0 saturated heterocycles. The molecule has 0 saturated carbocycles. The second kappa shape index (κ2) is 10.2. The van der Waals surface area contributed by atoms with Crippen molar-refractivity contribution < 1.29 is 17.6 Å². The van der Waals surface area contributed by atoms with Crippen LogP contribution < -0.4 is 10.2 Å². The third kappa shape index (κ3) is 5.52. The van der Waals surface area contributed by atoms with E-state index in [0.717, 1.165) is 10.4 Å². The van der Waals surface area contributed by atoms with Crippen LogP contribution in [0.4, 0.5) is 11.4 Å². The molecule has 0 spiro atoms. The zero-order chi connectivity index (χ0) is 24.1. The average molecular weight is 497 g/mol. The number of nitrogens with one attached hydrogen (secondary N) is 1. The summed E-state index contributed by atoms with van der Waals surface area (Å²) in [6.45, 7) is 4.27. The number of amides is 1. The van der Waals surface area contributed by atoms with Crippen LogP contribution in [0.5, 0.6) is 0 Å². The predicted octanol–water partition coefficient (Wildman–Crippen LogP) is 4.69. The quantitative estimate of drug-likeness (QED) is 0.335. The first-order valence-corrected chi connectivity index (χ1v) is 13.2. The lowest BCUT2D eigenvalue weighted by Gasteiger charge is -2.25. The Bertz CT molecular complexity index is 1310. The van der Waals surface area contributed by atoms with E-state index in [1.165, 1.54) is 13.1 Å². The van der Waals surface area contributed by atoms with Crippen molar-refractivity contribution in [2.24, 2.45) is 0 Å². The monoisotopic (exact) mass is 496 g/mol. The van der Waals surface area contributed by atoms with Gasteiger partial charge in [0.05, 0.1) is 37.0 Å². The molecule has 0 radical (unpaired) electrons. The van der Waals surface area contributed by atoms with Crippen molar-refractivity contribution in [1.82, 2.24) is 9.97 Å². The Morgan fingerprint density at radius 2 is 1.91 bits per heavy atom. The van der Waals surface area contributed by atoms with Gasteiger partial charge in [-0.15, -0.1) is 11.3 Å². The van der Waals surface area contributed by atoms with Crippen molar-refractivity contribution in [3.05, 3.63) is 88.3 Å². The average Bonchev–Trinajstić information content (AvgIpc) is 3.54. The van der Waals surface area contributed by atoms with Gasteiger partial charge in [-0.05, 0) is 42.6 Å². The van der Waals surface area contributed by atoms with Gasteiger partial charge in [-0.2, -0.15) is 0 Å². The van der Waals surface area contributed by atoms with Gasteiger partial charge in [0.1, 0.15) is 5.76 Å². The molecule has 34 heavy (non-hydrogen) atoms. The molecule has 1 N–H and O–H groups in total. The summed E-state index contributed by atoms with van der Waals surface area (Å²) in [6, 6.07) is 14.9. The maximum atomic E-state index is 13.4. The Morgan fingerprint density at radius 1 is 1.12 bits per heavy atom. The number of anilines is 2. The number of thiophene rings is 1. The fourth-order valence-corrected chi connectivity index (χ4v) is 4.69. The fraction of sp³-hybridized carbons (Fsp3) is 0.208. The number of sulfone groups is 1. The molecule has 1 aromatic carbocycles. The molecule has 1 amide bonds. The minimum atomic E-state index is -3.71. The standard InChI is InChI=1S/C24H24N4O4S2/c1-3-34(30,31)24-25-14-21(22(27-24)23(29)26-18-10-8-17(2)9-11-18)28(15-19-6-4-12-32-19)16-20-7-5-13-33-20/h4-14H,3,15-16H2,1-2H3,(H,26,29). The van der Waals surface area contributed by atoms with E-state index in [-0.39, 0.29) is 16.6 Å². The van der Waals surface area contributed by atoms with Crippen LogP contribution in [-0.4, -0.2) is 30.0 Å². The van der Waals surface area contributed by atoms with Crippen LogP contribution in [0.2, 0.25) is 0 Å². The zero-order valence-electron chi connectivity index (χ0n) is 18.8. The lowest BCUT2D eigenvalue weighted by molar-refractivity contribution is 0.102. The number of carbonyl (C=O) groups excluding carboxylic acids is 1. The summed E-state index contributed by atoms with van der Waals surface area (Å²) < 4.78 is 30.5. The third-order valence-electron chi connectivity index (χ3n) is 5.12. The van der Waals surface area contributed by atoms with Crippen molar-refractivity contribution in [3.63, 3.8) is 0 Å². The van der Waals surface area contributed by atoms with Gasteiger partial charge in [-0.25, -0.2) is 18.4 Å². The number of hydrogen-bond acceptors (Lipinski definition) is 8. The number of hydrogen-bond donors (Lipinski definition) is 1. The minimum absolute atomic E-state index is 0.0225. The van der Waals surface area contributed by atoms with Gasteiger partial charge in [-0.3, -0.25) is 4.79 Å². The molecule has 0 aliphatic carbocycles. The van der Waals surface area contributed by atoms with Crippen molar-refractivity contribution in [2.75, 3.05) is 16.0 Å². The second-order valence-electron chi connectivity index (χ2n) is 7.62. The molecule has 0 bridgehead atoms. The Morgan fingerprint density at radius 3 is 2.56 bits per heavy atom. The van der Waals surface area contributed by atoms with Gasteiger partial charge in [0.15, 0.2) is 5.69 Å². The highest BCUT2D eigenvalue weighted by molar-refractivity contribution is 7.91. The SMILES string of the molecule is CCS(=O)(=O)c1ncc(N(Cc2ccco2)Cc2cccs2)c(C(=O)Nc2ccc(C)cc2)n1. The number of benzene rings is 1. The molecule has 0 unspecified atom stereocenters. The molecular weight excluding hydrogens is 472 g/mol. The Labute approximate surface area is 202 Å². The molecule has 176 valence electrons. The lowest BCUT2D eigenvalue weighted by Crippen LogP contribution is -2.27. The minimum Gasteiger partial charge on any atom is -0.467 e. The molecule has 0 atom stereocenters. The molecule has 0 aliphatic heterocycles. The maximum absolute atomic E-state index is 13.4. The van der Waals surface area contributed by atoms with Crippen LogP contribution in [0.15, 0.2) is 75.9 Å². The first-order chi connectivity index (χ1) is 16.4. The Balaban J connectivity index is 1.77. The summed E-state index contributed by atoms with van der Waals surface area (Å²) in [4.78, 5) is 24.7. The third-order valence-corrected chi connectivity index (χ3v) is 7.50. The van der Waals surface area contributed by atoms with Crippen LogP contribution in [0.25, 0.3) is 0 Å². The van der Waals surface area contributed by atoms with E-state index in [0.29, 0.717) is 30.2 Å². The maximum Gasteiger partial charge on any atom is 0.276 e. The van der Waals surface area contributed by atoms with Crippen molar-refractivity contribution in [1.29, 1.82) is 0 Å². The number of furan rings is 1. The molecule has 0 fully saturated rings. The second-order valence-corrected chi connectivity index (χ2v) is 10.8. The molecule has 4 aromatic rings. The topological polar surface area (TPSA) is 105 Å². The van der Waals surface area contributed by atoms with Crippen LogP contribution in [0, 0.1) is 6.92 Å². The largest absolute Gasteiger partial charge is 0.467 e. The predicted molar refractivity (Wildman–Crippen MR) is 132 cm³/mol. The molecule has 3 aromatic heterocycles. The summed E-state index contributed by atoms with van der Waals surface area (Å²) >= 11 is 1.58. The number of rotatable bonds is 9. The number of aryl methyl sites for hydroxylation is 1. The summed E-state index contributed by atoms with van der Waals surface area (Å²) in [7, 11) is -3.71. The molecule has 4 rings (SSSR count). The molecule has 10 heteroatoms. The fourth-order valence-electron chi connectivity index (χ4n) is 3.27. The van der Waals surface area contributed by atoms with E-state index in [4.69, 9.17) is 4.42 Å². The van der Waals surface area contributed by atoms with E-state index in [1.807, 2.05) is 47.5 Å². The van der Waals surface area contributed by atoms with Gasteiger partial charge < -0.3 is 14.6 Å². The summed E-state index contributed by atoms with van der Waals surface area (Å²) in [6.07, 6.45) is 2.98. The van der Waals surface area contributed by atoms with E-state index in [1.54, 1.807) is 35.8 Å². The highest BCUT2D eigenvalue weighted by Gasteiger charge is 2.25. The lowest BCUT2D eigenvalue weighted by atomic mass is 10.2. The van der Waals surface area contributed by atoms with E-state index in [9.17, 15) is 13.2 Å². The van der Waals surface area contributed by atoms with Crippen molar-refractivity contribution >= 4 is 38.5 Å². The molecular formula is C24H24N4O4S2. The van der Waals surface area contributed by atoms with Crippen molar-refractivity contribution in [2.45, 2.75) is 32.1 Å². The highest BCUT2D eigenvalue weighted by atomic mass is 32.2. The zero-order valence-corrected chi connectivity index (χ0v) is 20.4. The molecule has 3 heterocycles. The summed E-state index contributed by atoms with van der Waals surface area (Å²) in [5.41, 5.74) is 2.02. The van der Waals surface area contributed by atoms with Crippen molar-refractivity contribution in [3.8, 4) is 0 Å². The first-order valence-electron chi connectivity index (χ1n) is 10.6. The van der Waals surface area contributed by atoms with Gasteiger partial charge in [-0.1, -0.05) is 30.7 Å². The van der Waals surface area contributed by atoms with Gasteiger partial charge in [0.2, 0.25) is 15.0 Å². The van der Waals surface area contributed by atoms with Crippen LogP contribution >= 0.6 is 11.3 Å². The number of carbonyl (C=O) groups is 1. The van der Waals surface area contributed by atoms with Gasteiger partial charge >= 0.3 is 0 Å². The normalized spacial score (nSPS) is 11.4. The van der Waals surface area contributed by atoms with E-state index >= 15 is 0 Å². The van der Waals surface area contributed by atoms with E-state index in [2.05, 4.69) is 15.3 Å². The first kappa shape index (κ1) is 23.7. The van der Waals surface area contributed by atoms with Crippen LogP contribution in [-0.2, 0) is 22.9 Å². The van der Waals surface area contributed by atoms with Crippen LogP contribution in [0.1, 0.15) is 33.6 Å². The van der Waals surface area contributed by atoms with Gasteiger partial charge in [0.25, 0.3) is 5.91 Å². The Kier molecular flexibility index (Phi) is 7.09.